The van der Waals surface area contributed by atoms with Gasteiger partial charge in [0.05, 0.1) is 61.0 Å². The number of nitrogens with zero attached hydrogens (tertiary/aromatic N) is 8. The third-order valence-electron chi connectivity index (χ3n) is 15.2. The van der Waals surface area contributed by atoms with E-state index in [0.29, 0.717) is 24.0 Å². The minimum atomic E-state index is -4.97. The van der Waals surface area contributed by atoms with Crippen molar-refractivity contribution >= 4 is 58.6 Å². The van der Waals surface area contributed by atoms with Crippen LogP contribution < -0.4 is 25.9 Å². The number of halogens is 9. The Morgan fingerprint density at radius 1 is 0.737 bits per heavy atom. The molecule has 2 aliphatic heterocycles. The average Bonchev–Trinajstić information content (AvgIpc) is 4.09. The molecule has 9 aliphatic rings. The number of nitrogens with one attached hydrogen (secondary N) is 6. The van der Waals surface area contributed by atoms with E-state index in [2.05, 4.69) is 61.0 Å². The average molecular weight is 1100 g/mol. The van der Waals surface area contributed by atoms with E-state index in [4.69, 9.17) is 35.5 Å². The molecule has 6 N–H and O–H groups in total. The summed E-state index contributed by atoms with van der Waals surface area (Å²) in [4.78, 5) is 43.2. The molecular weight excluding hydrogens is 1050 g/mol. The number of hydrogen-bond acceptors (Lipinski definition) is 15. The fraction of sp³-hybridized carbons (Fsp3) is 0.556. The molecule has 7 saturated carbocycles. The molecule has 0 spiro atoms. The molecule has 76 heavy (non-hydrogen) atoms. The van der Waals surface area contributed by atoms with Crippen molar-refractivity contribution < 1.29 is 77.8 Å². The maximum atomic E-state index is 16.3. The summed E-state index contributed by atoms with van der Waals surface area (Å²) in [7, 11) is 0. The summed E-state index contributed by atoms with van der Waals surface area (Å²) in [5, 5.41) is 21.9. The molecule has 7 aliphatic carbocycles. The second kappa shape index (κ2) is 17.7. The minimum absolute atomic E-state index is 0.0211. The number of anilines is 4. The maximum absolute atomic E-state index is 16.3. The van der Waals surface area contributed by atoms with Crippen molar-refractivity contribution in [2.75, 3.05) is 23.8 Å². The number of aromatic nitrogens is 10. The molecule has 2 unspecified atom stereocenters. The van der Waals surface area contributed by atoms with Gasteiger partial charge in [-0.1, -0.05) is 11.6 Å². The lowest BCUT2D eigenvalue weighted by atomic mass is 9.50. The summed E-state index contributed by atoms with van der Waals surface area (Å²) in [6.07, 6.45) is -11.9. The third-order valence-corrected chi connectivity index (χ3v) is 15.4. The fourth-order valence-electron chi connectivity index (χ4n) is 11.3. The number of H-pyrrole nitrogens is 2. The van der Waals surface area contributed by atoms with E-state index in [1.165, 1.54) is 39.4 Å². The van der Waals surface area contributed by atoms with Crippen LogP contribution in [0.3, 0.4) is 0 Å². The Bertz CT molecular complexity index is 3240. The number of carbonyl (C=O) groups excluding carboxylic acids is 2. The molecule has 15 rings (SSSR count). The number of ether oxygens (including phenoxy) is 6. The summed E-state index contributed by atoms with van der Waals surface area (Å²) in [6, 6.07) is 5.30. The van der Waals surface area contributed by atoms with Crippen LogP contribution in [0.15, 0.2) is 36.7 Å². The first kappa shape index (κ1) is 49.0. The maximum Gasteiger partial charge on any atom is 0.522 e. The molecule has 9 fully saturated rings. The van der Waals surface area contributed by atoms with Gasteiger partial charge in [-0.3, -0.25) is 19.0 Å². The van der Waals surface area contributed by atoms with Crippen LogP contribution in [0.4, 0.5) is 68.2 Å². The van der Waals surface area contributed by atoms with Crippen LogP contribution in [0.1, 0.15) is 97.6 Å². The van der Waals surface area contributed by atoms with Gasteiger partial charge < -0.3 is 34.9 Å². The van der Waals surface area contributed by atoms with E-state index in [1.807, 2.05) is 0 Å². The van der Waals surface area contributed by atoms with Crippen LogP contribution in [0.25, 0.3) is 11.3 Å². The highest BCUT2D eigenvalue weighted by atomic mass is 35.5. The number of fused-ring (bicyclic) bond motifs is 2. The lowest BCUT2D eigenvalue weighted by molar-refractivity contribution is -0.742. The van der Waals surface area contributed by atoms with E-state index in [1.54, 1.807) is 10.7 Å². The molecule has 6 aromatic heterocycles. The molecule has 2 amide bonds. The van der Waals surface area contributed by atoms with E-state index in [0.717, 1.165) is 38.5 Å². The van der Waals surface area contributed by atoms with Gasteiger partial charge in [-0.25, -0.2) is 48.1 Å². The number of alkyl carbamates (subject to hydrolysis) is 2. The predicted octanol–water partition coefficient (Wildman–Crippen LogP) is 7.17. The van der Waals surface area contributed by atoms with Crippen LogP contribution in [0.5, 0.6) is 0 Å². The van der Waals surface area contributed by atoms with Crippen LogP contribution in [-0.4, -0.2) is 118 Å². The monoisotopic (exact) mass is 1100 g/mol. The number of rotatable bonds is 16. The van der Waals surface area contributed by atoms with E-state index in [9.17, 15) is 35.9 Å². The van der Waals surface area contributed by atoms with Crippen LogP contribution >= 0.6 is 11.6 Å². The lowest BCUT2D eigenvalue weighted by Crippen LogP contribution is -2.68. The Kier molecular flexibility index (Phi) is 11.4. The van der Waals surface area contributed by atoms with Crippen molar-refractivity contribution in [3.63, 3.8) is 0 Å². The number of aromatic amines is 2. The van der Waals surface area contributed by atoms with Gasteiger partial charge in [0, 0.05) is 54.0 Å². The number of hydrogen-bond donors (Lipinski definition) is 6. The lowest BCUT2D eigenvalue weighted by Gasteiger charge is -2.61. The highest BCUT2D eigenvalue weighted by Crippen LogP contribution is 2.58. The number of amides is 2. The van der Waals surface area contributed by atoms with E-state index in [-0.39, 0.29) is 87.0 Å². The Morgan fingerprint density at radius 3 is 1.82 bits per heavy atom. The topological polar surface area (TPSA) is 246 Å². The van der Waals surface area contributed by atoms with Crippen LogP contribution in [0.2, 0.25) is 5.15 Å². The van der Waals surface area contributed by atoms with Crippen molar-refractivity contribution in [2.24, 2.45) is 11.8 Å². The molecular formula is C45H44ClF8N14O8+. The molecule has 8 heterocycles. The molecule has 22 nitrogen and oxygen atoms in total. The van der Waals surface area contributed by atoms with Crippen molar-refractivity contribution in [3.8, 4) is 0 Å². The van der Waals surface area contributed by atoms with E-state index < -0.39 is 86.8 Å². The second-order valence-corrected chi connectivity index (χ2v) is 21.1. The molecule has 8 atom stereocenters. The zero-order valence-electron chi connectivity index (χ0n) is 39.3. The Labute approximate surface area is 426 Å². The van der Waals surface area contributed by atoms with Crippen LogP contribution in [0, 0.1) is 11.8 Å². The Balaban J connectivity index is 0.781. The summed E-state index contributed by atoms with van der Waals surface area (Å²) >= 11 is 6.38. The van der Waals surface area contributed by atoms with Gasteiger partial charge in [0.25, 0.3) is 0 Å². The van der Waals surface area contributed by atoms with Crippen molar-refractivity contribution in [3.05, 3.63) is 70.3 Å². The van der Waals surface area contributed by atoms with Gasteiger partial charge in [0.2, 0.25) is 5.95 Å². The zero-order chi connectivity index (χ0) is 52.6. The SMILES string of the molecule is O=C(NC12CC(C1)C2)O[C@@H]1CO[C@H](c2cc(Nc3nc(C4CC4[n+]4[nH]c([C@H]5OC[C@@H](OC(=O)NC67CC(C6)C7)[C@H]5F)cc4Nc4nc(Cl)cc5nc(COC(F)(F)F)cn45)cc4nc(COC(F)(F)F)cn34)n[nH]2)[C@H]1F. The first-order valence-corrected chi connectivity index (χ1v) is 24.6. The molecule has 0 radical (unpaired) electrons. The van der Waals surface area contributed by atoms with Crippen LogP contribution in [-0.2, 0) is 41.6 Å². The first-order chi connectivity index (χ1) is 36.2. The standard InChI is InChI=1S/C45H43ClF8N14O8/c46-29-5-32-56-21(15-74-45(52,53)54)13-67(32)39(58-29)60-33-4-25(37-35(48)28(17-72-37)76-41(70)62-43-9-19(10-43)11-43)65-68(33)26-1-22(26)23-3-31-55-20(14-73-44(49,50)51)12-66(31)38(57-23)59-30-2-24(63-64-30)36-34(47)27(16-71-36)75-40(69)61-42-6-18(7-42)8-42/h2-5,12-13,18-19,22,26-28,34-37H,1,6-11,14-17H2,(H5,55,56,57,58,59,60,61,62,63,64,65,69,70)/p+1/t18?,19?,22?,26?,27-,28-,34+,35-,36-,37-,42?,43?/m1/s1. The number of carbonyl (C=O) groups is 2. The quantitative estimate of drug-likeness (QED) is 0.0320. The van der Waals surface area contributed by atoms with E-state index >= 15 is 8.78 Å². The smallest absolute Gasteiger partial charge is 0.441 e. The predicted molar refractivity (Wildman–Crippen MR) is 239 cm³/mol. The number of imidazole rings is 2. The number of alkyl halides is 8. The molecule has 4 bridgehead atoms. The first-order valence-electron chi connectivity index (χ1n) is 24.3. The normalized spacial score (nSPS) is 31.1. The van der Waals surface area contributed by atoms with Crippen molar-refractivity contribution in [1.82, 2.24) is 54.7 Å². The zero-order valence-corrected chi connectivity index (χ0v) is 40.0. The van der Waals surface area contributed by atoms with Gasteiger partial charge >= 0.3 is 36.7 Å². The van der Waals surface area contributed by atoms with Gasteiger partial charge in [-0.2, -0.15) is 14.8 Å². The molecule has 6 aromatic rings. The minimum Gasteiger partial charge on any atom is -0.441 e. The van der Waals surface area contributed by atoms with Crippen molar-refractivity contribution in [2.45, 2.75) is 131 Å². The molecule has 0 aromatic carbocycles. The summed E-state index contributed by atoms with van der Waals surface area (Å²) in [5.74, 6) is 1.00. The van der Waals surface area contributed by atoms with Gasteiger partial charge in [0.15, 0.2) is 30.4 Å². The fourth-order valence-corrected chi connectivity index (χ4v) is 11.5. The molecule has 404 valence electrons. The Morgan fingerprint density at radius 2 is 1.28 bits per heavy atom. The van der Waals surface area contributed by atoms with Gasteiger partial charge in [-0.05, 0) is 50.4 Å². The summed E-state index contributed by atoms with van der Waals surface area (Å²) in [6.45, 7) is -2.36. The summed E-state index contributed by atoms with van der Waals surface area (Å²) < 4.78 is 146. The highest BCUT2D eigenvalue weighted by Gasteiger charge is 2.59. The third kappa shape index (κ3) is 9.33. The molecule has 31 heteroatoms. The second-order valence-electron chi connectivity index (χ2n) is 20.7. The molecule has 2 saturated heterocycles. The largest absolute Gasteiger partial charge is 0.522 e. The van der Waals surface area contributed by atoms with Crippen molar-refractivity contribution in [1.29, 1.82) is 0 Å². The van der Waals surface area contributed by atoms with Gasteiger partial charge in [0.1, 0.15) is 34.7 Å². The highest BCUT2D eigenvalue weighted by molar-refractivity contribution is 6.29. The van der Waals surface area contributed by atoms with Gasteiger partial charge in [-0.15, -0.1) is 26.3 Å². The Hall–Kier alpha value is -6.63. The summed E-state index contributed by atoms with van der Waals surface area (Å²) in [5.41, 5.74) is 0.166.